The predicted octanol–water partition coefficient (Wildman–Crippen LogP) is 2.48. The molecule has 0 aromatic heterocycles. The molecule has 0 aromatic carbocycles. The van der Waals surface area contributed by atoms with Crippen molar-refractivity contribution < 1.29 is 21.9 Å². The van der Waals surface area contributed by atoms with E-state index < -0.39 is 37.0 Å². The Hall–Kier alpha value is -2.67. The third kappa shape index (κ3) is 3.62. The molecule has 0 bridgehead atoms. The Morgan fingerprint density at radius 3 is 2.57 bits per heavy atom. The van der Waals surface area contributed by atoms with E-state index in [0.717, 1.165) is 23.3 Å². The largest absolute Gasteiger partial charge is 0.465 e. The molecule has 166 valence electrons. The van der Waals surface area contributed by atoms with Crippen molar-refractivity contribution in [3.63, 3.8) is 0 Å². The highest BCUT2D eigenvalue weighted by Gasteiger charge is 2.66. The quantitative estimate of drug-likeness (QED) is 0.270. The first-order valence-corrected chi connectivity index (χ1v) is 10.4. The summed E-state index contributed by atoms with van der Waals surface area (Å²) in [5.74, 6) is 0.891. The minimum atomic E-state index is -4.51. The van der Waals surface area contributed by atoms with Gasteiger partial charge in [-0.3, -0.25) is 9.98 Å². The van der Waals surface area contributed by atoms with Crippen LogP contribution in [0, 0.1) is 12.3 Å². The van der Waals surface area contributed by atoms with Crippen LogP contribution in [0.3, 0.4) is 0 Å². The maximum atomic E-state index is 15.7. The standard InChI is InChI=1S/C20H28F2N4O3S/c1-9-11-14(21)20(6,26(8)15(13-24-7)29-12-10-2)19(5)16(22)30(27,28)18(3,4)17(23)25-19/h2,9,11,13,16H,1,7,12H2,3-6,8H3,(H2,23,25)/b14-11+,15-13+/t16?,19-,20?/m0/s1. The molecule has 0 aromatic rings. The summed E-state index contributed by atoms with van der Waals surface area (Å²) >= 11 is 0. The maximum absolute atomic E-state index is 15.7. The van der Waals surface area contributed by atoms with E-state index in [0.29, 0.717) is 0 Å². The average Bonchev–Trinajstić information content (AvgIpc) is 2.67. The Labute approximate surface area is 177 Å². The van der Waals surface area contributed by atoms with Crippen molar-refractivity contribution in [2.24, 2.45) is 15.7 Å². The highest BCUT2D eigenvalue weighted by molar-refractivity contribution is 7.94. The van der Waals surface area contributed by atoms with Crippen LogP contribution < -0.4 is 5.73 Å². The van der Waals surface area contributed by atoms with Crippen molar-refractivity contribution in [2.75, 3.05) is 13.7 Å². The van der Waals surface area contributed by atoms with E-state index in [1.807, 2.05) is 0 Å². The lowest BCUT2D eigenvalue weighted by Gasteiger charge is -2.53. The molecule has 1 aliphatic heterocycles. The minimum Gasteiger partial charge on any atom is -0.465 e. The summed E-state index contributed by atoms with van der Waals surface area (Å²) in [6.07, 6.45) is 8.48. The fourth-order valence-corrected chi connectivity index (χ4v) is 4.85. The maximum Gasteiger partial charge on any atom is 0.229 e. The molecule has 0 saturated carbocycles. The first-order valence-electron chi connectivity index (χ1n) is 8.88. The van der Waals surface area contributed by atoms with Crippen molar-refractivity contribution in [1.29, 1.82) is 0 Å². The van der Waals surface area contributed by atoms with E-state index in [-0.39, 0.29) is 18.3 Å². The third-order valence-electron chi connectivity index (χ3n) is 5.62. The zero-order valence-corrected chi connectivity index (χ0v) is 18.6. The van der Waals surface area contributed by atoms with Gasteiger partial charge >= 0.3 is 0 Å². The zero-order chi connectivity index (χ0) is 23.5. The molecule has 2 unspecified atom stereocenters. The molecule has 3 atom stereocenters. The molecule has 0 saturated heterocycles. The van der Waals surface area contributed by atoms with Gasteiger partial charge in [0.25, 0.3) is 0 Å². The summed E-state index contributed by atoms with van der Waals surface area (Å²) in [6, 6.07) is 0. The van der Waals surface area contributed by atoms with E-state index in [1.165, 1.54) is 34.7 Å². The topological polar surface area (TPSA) is 97.3 Å². The van der Waals surface area contributed by atoms with Crippen molar-refractivity contribution in [3.05, 3.63) is 36.6 Å². The van der Waals surface area contributed by atoms with Gasteiger partial charge in [-0.05, 0) is 40.5 Å². The van der Waals surface area contributed by atoms with Crippen LogP contribution in [0.1, 0.15) is 27.7 Å². The molecule has 10 heteroatoms. The van der Waals surface area contributed by atoms with Crippen molar-refractivity contribution >= 4 is 22.4 Å². The number of nitrogens with zero attached hydrogens (tertiary/aromatic N) is 3. The Morgan fingerprint density at radius 1 is 1.53 bits per heavy atom. The fourth-order valence-electron chi connectivity index (χ4n) is 3.11. The van der Waals surface area contributed by atoms with Crippen LogP contribution in [0.2, 0.25) is 0 Å². The number of hydrogen-bond acceptors (Lipinski definition) is 7. The van der Waals surface area contributed by atoms with Crippen molar-refractivity contribution in [2.45, 2.75) is 49.0 Å². The lowest BCUT2D eigenvalue weighted by atomic mass is 9.77. The molecule has 2 N–H and O–H groups in total. The molecule has 0 fully saturated rings. The number of terminal acetylenes is 1. The fraction of sp³-hybridized carbons (Fsp3) is 0.500. The number of aliphatic imine (C=N–C) groups is 2. The number of nitrogens with two attached hydrogens (primary N) is 1. The van der Waals surface area contributed by atoms with Crippen molar-refractivity contribution in [1.82, 2.24) is 4.90 Å². The predicted molar refractivity (Wildman–Crippen MR) is 116 cm³/mol. The summed E-state index contributed by atoms with van der Waals surface area (Å²) in [5, 5.41) is 0. The number of ether oxygens (including phenoxy) is 1. The highest BCUT2D eigenvalue weighted by atomic mass is 32.2. The Balaban J connectivity index is 3.94. The molecule has 1 aliphatic rings. The molecular formula is C20H28F2N4O3S. The number of likely N-dealkylation sites (N-methyl/N-ethyl adjacent to an activating group) is 1. The third-order valence-corrected chi connectivity index (χ3v) is 8.25. The van der Waals surface area contributed by atoms with Crippen LogP contribution in [-0.4, -0.2) is 60.9 Å². The van der Waals surface area contributed by atoms with Crippen LogP contribution in [0.4, 0.5) is 8.78 Å². The number of hydrogen-bond donors (Lipinski definition) is 1. The van der Waals surface area contributed by atoms with Crippen LogP contribution >= 0.6 is 0 Å². The van der Waals surface area contributed by atoms with Crippen LogP contribution in [-0.2, 0) is 14.6 Å². The average molecular weight is 443 g/mol. The van der Waals surface area contributed by atoms with E-state index in [9.17, 15) is 8.42 Å². The zero-order valence-electron chi connectivity index (χ0n) is 17.8. The van der Waals surface area contributed by atoms with Crippen molar-refractivity contribution in [3.8, 4) is 12.3 Å². The number of sulfone groups is 1. The Morgan fingerprint density at radius 2 is 2.10 bits per heavy atom. The lowest BCUT2D eigenvalue weighted by Crippen LogP contribution is -2.70. The molecule has 1 heterocycles. The molecule has 30 heavy (non-hydrogen) atoms. The lowest BCUT2D eigenvalue weighted by molar-refractivity contribution is 0.0175. The van der Waals surface area contributed by atoms with Crippen LogP contribution in [0.15, 0.2) is 46.6 Å². The number of alkyl halides is 1. The summed E-state index contributed by atoms with van der Waals surface area (Å²) < 4.78 is 60.8. The second-order valence-corrected chi connectivity index (χ2v) is 10.1. The van der Waals surface area contributed by atoms with E-state index in [2.05, 4.69) is 29.2 Å². The summed E-state index contributed by atoms with van der Waals surface area (Å²) in [4.78, 5) is 8.94. The first kappa shape index (κ1) is 25.4. The summed E-state index contributed by atoms with van der Waals surface area (Å²) in [5.41, 5.74) is -0.928. The van der Waals surface area contributed by atoms with E-state index >= 15 is 8.78 Å². The van der Waals surface area contributed by atoms with E-state index in [4.69, 9.17) is 16.9 Å². The number of halogens is 2. The second-order valence-electron chi connectivity index (χ2n) is 7.54. The van der Waals surface area contributed by atoms with Gasteiger partial charge in [0.2, 0.25) is 11.4 Å². The van der Waals surface area contributed by atoms with Gasteiger partial charge in [-0.25, -0.2) is 17.2 Å². The van der Waals surface area contributed by atoms with Gasteiger partial charge in [-0.2, -0.15) is 0 Å². The molecule has 0 aliphatic carbocycles. The second kappa shape index (κ2) is 8.60. The van der Waals surface area contributed by atoms with Gasteiger partial charge < -0.3 is 15.4 Å². The number of rotatable bonds is 8. The minimum absolute atomic E-state index is 0.0810. The molecule has 0 radical (unpaired) electrons. The Bertz CT molecular complexity index is 950. The molecule has 0 amide bonds. The van der Waals surface area contributed by atoms with Crippen LogP contribution in [0.25, 0.3) is 0 Å². The molecule has 7 nitrogen and oxygen atoms in total. The SMILES string of the molecule is C#CCO/C(=C/N=C)N(C)C(C)(/C(F)=C\C=C)[C@@]1(C)N=C(N)C(C)(C)S(=O)(=O)C1F. The van der Waals surface area contributed by atoms with Crippen LogP contribution in [0.5, 0.6) is 0 Å². The number of allylic oxidation sites excluding steroid dienone is 2. The molecular weight excluding hydrogens is 414 g/mol. The summed E-state index contributed by atoms with van der Waals surface area (Å²) in [7, 11) is -3.15. The first-order chi connectivity index (χ1) is 13.7. The summed E-state index contributed by atoms with van der Waals surface area (Å²) in [6.45, 7) is 11.5. The molecule has 0 spiro atoms. The number of amidine groups is 1. The van der Waals surface area contributed by atoms with Gasteiger partial charge in [-0.1, -0.05) is 18.6 Å². The van der Waals surface area contributed by atoms with Gasteiger partial charge in [0.15, 0.2) is 16.4 Å². The van der Waals surface area contributed by atoms with Gasteiger partial charge in [0.05, 0.1) is 6.20 Å². The highest BCUT2D eigenvalue weighted by Crippen LogP contribution is 2.49. The van der Waals surface area contributed by atoms with Gasteiger partial charge in [0.1, 0.15) is 27.5 Å². The van der Waals surface area contributed by atoms with Gasteiger partial charge in [0, 0.05) is 7.05 Å². The van der Waals surface area contributed by atoms with E-state index in [1.54, 1.807) is 0 Å². The molecule has 1 rings (SSSR count). The van der Waals surface area contributed by atoms with Gasteiger partial charge in [-0.15, -0.1) is 6.42 Å². The Kier molecular flexibility index (Phi) is 7.27. The normalized spacial score (nSPS) is 27.8. The monoisotopic (exact) mass is 442 g/mol. The smallest absolute Gasteiger partial charge is 0.229 e.